The number of hydrogen-bond acceptors (Lipinski definition) is 1. The lowest BCUT2D eigenvalue weighted by molar-refractivity contribution is 0.577. The third-order valence-corrected chi connectivity index (χ3v) is 2.71. The lowest BCUT2D eigenvalue weighted by Gasteiger charge is -2.29. The molecule has 0 N–H and O–H groups in total. The Balaban J connectivity index is 2.18. The maximum absolute atomic E-state index is 3.33. The molecule has 0 unspecified atom stereocenters. The van der Waals surface area contributed by atoms with Gasteiger partial charge in [0.1, 0.15) is 0 Å². The Morgan fingerprint density at radius 3 is 2.69 bits per heavy atom. The van der Waals surface area contributed by atoms with Crippen LogP contribution in [-0.2, 0) is 0 Å². The lowest BCUT2D eigenvalue weighted by Crippen LogP contribution is -2.29. The molecule has 1 heterocycles. The fourth-order valence-electron chi connectivity index (χ4n) is 1.97. The number of piperidine rings is 1. The summed E-state index contributed by atoms with van der Waals surface area (Å²) in [6, 6.07) is 9.57. The van der Waals surface area contributed by atoms with Gasteiger partial charge < -0.3 is 4.90 Å². The molecule has 0 bridgehead atoms. The van der Waals surface area contributed by atoms with E-state index >= 15 is 0 Å². The Labute approximate surface area is 80.4 Å². The zero-order valence-electron chi connectivity index (χ0n) is 8.21. The van der Waals surface area contributed by atoms with Gasteiger partial charge in [0.05, 0.1) is 0 Å². The van der Waals surface area contributed by atoms with Gasteiger partial charge in [0.25, 0.3) is 0 Å². The third-order valence-electron chi connectivity index (χ3n) is 2.71. The summed E-state index contributed by atoms with van der Waals surface area (Å²) in [6.45, 7) is 4.59. The predicted octanol–water partition coefficient (Wildman–Crippen LogP) is 2.79. The molecule has 0 amide bonds. The molecule has 1 radical (unpaired) electrons. The molecule has 0 spiro atoms. The van der Waals surface area contributed by atoms with Crippen LogP contribution >= 0.6 is 0 Å². The highest BCUT2D eigenvalue weighted by atomic mass is 15.1. The second-order valence-corrected chi connectivity index (χ2v) is 3.75. The van der Waals surface area contributed by atoms with E-state index in [0.717, 1.165) is 0 Å². The van der Waals surface area contributed by atoms with Crippen molar-refractivity contribution < 1.29 is 0 Å². The minimum atomic E-state index is 1.21. The molecule has 1 fully saturated rings. The van der Waals surface area contributed by atoms with Crippen molar-refractivity contribution in [3.05, 3.63) is 29.8 Å². The van der Waals surface area contributed by atoms with Crippen molar-refractivity contribution >= 4 is 5.69 Å². The molecule has 1 aliphatic rings. The van der Waals surface area contributed by atoms with Crippen LogP contribution in [0.4, 0.5) is 5.69 Å². The maximum Gasteiger partial charge on any atom is 0.0476 e. The van der Waals surface area contributed by atoms with Crippen LogP contribution in [-0.4, -0.2) is 13.1 Å². The quantitative estimate of drug-likeness (QED) is 0.632. The van der Waals surface area contributed by atoms with Gasteiger partial charge in [-0.2, -0.15) is 0 Å². The van der Waals surface area contributed by atoms with Gasteiger partial charge in [-0.3, -0.25) is 0 Å². The van der Waals surface area contributed by atoms with Crippen LogP contribution in [0.15, 0.2) is 18.2 Å². The van der Waals surface area contributed by atoms with E-state index in [4.69, 9.17) is 0 Å². The van der Waals surface area contributed by atoms with E-state index < -0.39 is 0 Å². The van der Waals surface area contributed by atoms with E-state index in [9.17, 15) is 0 Å². The number of rotatable bonds is 1. The number of benzene rings is 1. The first-order chi connectivity index (χ1) is 6.38. The first-order valence-corrected chi connectivity index (χ1v) is 5.10. The molecule has 1 aromatic carbocycles. The van der Waals surface area contributed by atoms with E-state index in [1.54, 1.807) is 0 Å². The maximum atomic E-state index is 3.33. The Bertz CT molecular complexity index is 274. The van der Waals surface area contributed by atoms with E-state index in [2.05, 4.69) is 30.0 Å². The zero-order chi connectivity index (χ0) is 9.10. The van der Waals surface area contributed by atoms with Crippen molar-refractivity contribution in [2.75, 3.05) is 18.0 Å². The van der Waals surface area contributed by atoms with Crippen molar-refractivity contribution in [3.8, 4) is 0 Å². The third kappa shape index (κ3) is 1.85. The van der Waals surface area contributed by atoms with Crippen molar-refractivity contribution in [3.63, 3.8) is 0 Å². The topological polar surface area (TPSA) is 3.24 Å². The van der Waals surface area contributed by atoms with Crippen LogP contribution in [0, 0.1) is 13.0 Å². The summed E-state index contributed by atoms with van der Waals surface area (Å²) in [5, 5.41) is 0. The van der Waals surface area contributed by atoms with E-state index in [-0.39, 0.29) is 0 Å². The van der Waals surface area contributed by atoms with Crippen LogP contribution in [0.25, 0.3) is 0 Å². The number of nitrogens with zero attached hydrogens (tertiary/aromatic N) is 1. The monoisotopic (exact) mass is 174 g/mol. The van der Waals surface area contributed by atoms with E-state index in [0.29, 0.717) is 0 Å². The van der Waals surface area contributed by atoms with E-state index in [1.807, 2.05) is 6.07 Å². The molecule has 13 heavy (non-hydrogen) atoms. The molecule has 1 aliphatic heterocycles. The highest BCUT2D eigenvalue weighted by Gasteiger charge is 2.11. The molecule has 1 nitrogen and oxygen atoms in total. The smallest absolute Gasteiger partial charge is 0.0476 e. The Kier molecular flexibility index (Phi) is 2.53. The average molecular weight is 174 g/mol. The molecule has 0 aliphatic carbocycles. The number of aryl methyl sites for hydroxylation is 1. The average Bonchev–Trinajstić information content (AvgIpc) is 2.20. The van der Waals surface area contributed by atoms with Crippen LogP contribution in [0.1, 0.15) is 24.8 Å². The largest absolute Gasteiger partial charge is 0.371 e. The fourth-order valence-corrected chi connectivity index (χ4v) is 1.97. The number of anilines is 1. The van der Waals surface area contributed by atoms with Crippen molar-refractivity contribution in [1.29, 1.82) is 0 Å². The summed E-state index contributed by atoms with van der Waals surface area (Å²) in [4.78, 5) is 2.46. The Morgan fingerprint density at radius 2 is 2.00 bits per heavy atom. The molecule has 1 aromatic rings. The predicted molar refractivity (Wildman–Crippen MR) is 56.1 cm³/mol. The van der Waals surface area contributed by atoms with Gasteiger partial charge in [0.2, 0.25) is 0 Å². The molecule has 69 valence electrons. The fraction of sp³-hybridized carbons (Fsp3) is 0.500. The van der Waals surface area contributed by atoms with Crippen molar-refractivity contribution in [2.24, 2.45) is 0 Å². The zero-order valence-corrected chi connectivity index (χ0v) is 8.21. The summed E-state index contributed by atoms with van der Waals surface area (Å²) in [7, 11) is 0. The highest BCUT2D eigenvalue weighted by Crippen LogP contribution is 2.22. The van der Waals surface area contributed by atoms with Gasteiger partial charge in [-0.25, -0.2) is 0 Å². The summed E-state index contributed by atoms with van der Waals surface area (Å²) < 4.78 is 0. The second-order valence-electron chi connectivity index (χ2n) is 3.75. The van der Waals surface area contributed by atoms with Crippen LogP contribution < -0.4 is 4.90 Å². The first-order valence-electron chi connectivity index (χ1n) is 5.10. The van der Waals surface area contributed by atoms with Crippen molar-refractivity contribution in [1.82, 2.24) is 0 Å². The van der Waals surface area contributed by atoms with Gasteiger partial charge in [0, 0.05) is 24.8 Å². The number of hydrogen-bond donors (Lipinski definition) is 0. The van der Waals surface area contributed by atoms with Crippen LogP contribution in [0.2, 0.25) is 0 Å². The minimum absolute atomic E-state index is 1.21. The van der Waals surface area contributed by atoms with Gasteiger partial charge in [-0.15, -0.1) is 0 Å². The standard InChI is InChI=1S/C12H16N/c1-11-7-3-4-8-12(11)13-9-5-2-6-10-13/h3-4,7H,2,5-6,9-10H2,1H3. The van der Waals surface area contributed by atoms with Crippen molar-refractivity contribution in [2.45, 2.75) is 26.2 Å². The molecule has 1 saturated heterocycles. The lowest BCUT2D eigenvalue weighted by atomic mass is 10.1. The van der Waals surface area contributed by atoms with Gasteiger partial charge in [-0.05, 0) is 31.7 Å². The molecular weight excluding hydrogens is 158 g/mol. The second kappa shape index (κ2) is 3.82. The normalized spacial score (nSPS) is 17.5. The molecule has 2 rings (SSSR count). The van der Waals surface area contributed by atoms with E-state index in [1.165, 1.54) is 43.6 Å². The first kappa shape index (κ1) is 8.61. The molecular formula is C12H16N. The molecule has 0 aromatic heterocycles. The summed E-state index contributed by atoms with van der Waals surface area (Å²) in [6.07, 6.45) is 4.06. The molecule has 1 heteroatoms. The molecule has 0 atom stereocenters. The SMILES string of the molecule is Cc1ccc[c]c1N1CCCCC1. The molecule has 0 saturated carbocycles. The Hall–Kier alpha value is -0.980. The minimum Gasteiger partial charge on any atom is -0.371 e. The van der Waals surface area contributed by atoms with Gasteiger partial charge in [-0.1, -0.05) is 18.2 Å². The van der Waals surface area contributed by atoms with Gasteiger partial charge in [0.15, 0.2) is 0 Å². The summed E-state index contributed by atoms with van der Waals surface area (Å²) in [5.41, 5.74) is 2.66. The Morgan fingerprint density at radius 1 is 1.23 bits per heavy atom. The van der Waals surface area contributed by atoms with Crippen LogP contribution in [0.5, 0.6) is 0 Å². The highest BCUT2D eigenvalue weighted by molar-refractivity contribution is 5.52. The number of para-hydroxylation sites is 1. The van der Waals surface area contributed by atoms with Gasteiger partial charge >= 0.3 is 0 Å². The summed E-state index contributed by atoms with van der Waals surface area (Å²) >= 11 is 0. The summed E-state index contributed by atoms with van der Waals surface area (Å²) in [5.74, 6) is 0. The van der Waals surface area contributed by atoms with Crippen LogP contribution in [0.3, 0.4) is 0 Å².